The zero-order valence-electron chi connectivity index (χ0n) is 11.6. The van der Waals surface area contributed by atoms with Gasteiger partial charge in [0, 0.05) is 17.7 Å². The highest BCUT2D eigenvalue weighted by Gasteiger charge is 2.26. The van der Waals surface area contributed by atoms with E-state index in [1.807, 2.05) is 12.1 Å². The van der Waals surface area contributed by atoms with E-state index in [0.717, 1.165) is 30.2 Å². The minimum Gasteiger partial charge on any atom is -0.496 e. The first-order chi connectivity index (χ1) is 9.22. The molecule has 0 saturated heterocycles. The molecule has 19 heavy (non-hydrogen) atoms. The lowest BCUT2D eigenvalue weighted by atomic mass is 10.0. The van der Waals surface area contributed by atoms with Crippen LogP contribution in [0.3, 0.4) is 0 Å². The van der Waals surface area contributed by atoms with Crippen LogP contribution in [0.5, 0.6) is 5.75 Å². The van der Waals surface area contributed by atoms with Crippen molar-refractivity contribution in [2.24, 2.45) is 0 Å². The van der Waals surface area contributed by atoms with Crippen molar-refractivity contribution in [3.8, 4) is 5.75 Å². The molecule has 1 aliphatic rings. The van der Waals surface area contributed by atoms with Gasteiger partial charge in [-0.3, -0.25) is 0 Å². The number of ether oxygens (including phenoxy) is 1. The molecule has 1 aromatic carbocycles. The van der Waals surface area contributed by atoms with E-state index in [-0.39, 0.29) is 6.04 Å². The highest BCUT2D eigenvalue weighted by Crippen LogP contribution is 2.36. The van der Waals surface area contributed by atoms with E-state index < -0.39 is 0 Å². The first-order valence-corrected chi connectivity index (χ1v) is 6.65. The minimum atomic E-state index is 0.250. The molecular formula is C15H19N3O. The molecule has 0 spiro atoms. The van der Waals surface area contributed by atoms with E-state index >= 15 is 0 Å². The molecule has 0 fully saturated rings. The summed E-state index contributed by atoms with van der Waals surface area (Å²) in [4.78, 5) is 0. The van der Waals surface area contributed by atoms with Gasteiger partial charge in [-0.1, -0.05) is 18.2 Å². The number of nitrogens with zero attached hydrogens (tertiary/aromatic N) is 2. The molecule has 2 aromatic rings. The second-order valence-electron chi connectivity index (χ2n) is 4.98. The molecule has 4 heteroatoms. The Kier molecular flexibility index (Phi) is 2.93. The maximum atomic E-state index is 5.49. The standard InChI is InChI=1S/C15H19N3O/c1-10-11(2)17-18-13(8-9-16-15(10)18)12-6-4-5-7-14(12)19-3/h4-7,13,16H,8-9H2,1-3H3. The number of anilines is 1. The molecule has 1 unspecified atom stereocenters. The van der Waals surface area contributed by atoms with Crippen molar-refractivity contribution in [3.63, 3.8) is 0 Å². The Balaban J connectivity index is 2.11. The van der Waals surface area contributed by atoms with Crippen LogP contribution in [0, 0.1) is 13.8 Å². The molecule has 0 radical (unpaired) electrons. The maximum absolute atomic E-state index is 5.49. The van der Waals surface area contributed by atoms with Gasteiger partial charge in [-0.15, -0.1) is 0 Å². The number of aryl methyl sites for hydroxylation is 1. The number of methoxy groups -OCH3 is 1. The second kappa shape index (κ2) is 4.61. The highest BCUT2D eigenvalue weighted by molar-refractivity contribution is 5.50. The van der Waals surface area contributed by atoms with E-state index in [4.69, 9.17) is 4.74 Å². The average Bonchev–Trinajstić information content (AvgIpc) is 2.74. The normalized spacial score (nSPS) is 17.7. The van der Waals surface area contributed by atoms with Crippen molar-refractivity contribution in [1.29, 1.82) is 0 Å². The van der Waals surface area contributed by atoms with Gasteiger partial charge in [-0.2, -0.15) is 5.10 Å². The Morgan fingerprint density at radius 3 is 2.89 bits per heavy atom. The Morgan fingerprint density at radius 2 is 2.11 bits per heavy atom. The average molecular weight is 257 g/mol. The number of benzene rings is 1. The molecule has 3 rings (SSSR count). The van der Waals surface area contributed by atoms with Gasteiger partial charge in [0.1, 0.15) is 11.6 Å². The van der Waals surface area contributed by atoms with Crippen LogP contribution in [0.15, 0.2) is 24.3 Å². The molecule has 0 aliphatic carbocycles. The van der Waals surface area contributed by atoms with Crippen molar-refractivity contribution >= 4 is 5.82 Å². The third-order valence-corrected chi connectivity index (χ3v) is 3.89. The Labute approximate surface area is 113 Å². The van der Waals surface area contributed by atoms with Gasteiger partial charge in [0.15, 0.2) is 0 Å². The summed E-state index contributed by atoms with van der Waals surface area (Å²) in [6.45, 7) is 5.14. The third-order valence-electron chi connectivity index (χ3n) is 3.89. The summed E-state index contributed by atoms with van der Waals surface area (Å²) in [5, 5.41) is 8.13. The largest absolute Gasteiger partial charge is 0.496 e. The molecule has 1 aromatic heterocycles. The van der Waals surface area contributed by atoms with Gasteiger partial charge in [0.2, 0.25) is 0 Å². The van der Waals surface area contributed by atoms with Gasteiger partial charge in [-0.05, 0) is 26.3 Å². The molecule has 100 valence electrons. The highest BCUT2D eigenvalue weighted by atomic mass is 16.5. The molecular weight excluding hydrogens is 238 g/mol. The molecule has 0 bridgehead atoms. The summed E-state index contributed by atoms with van der Waals surface area (Å²) >= 11 is 0. The van der Waals surface area contributed by atoms with E-state index in [9.17, 15) is 0 Å². The van der Waals surface area contributed by atoms with Crippen LogP contribution in [0.4, 0.5) is 5.82 Å². The minimum absolute atomic E-state index is 0.250. The van der Waals surface area contributed by atoms with Crippen LogP contribution in [-0.4, -0.2) is 23.4 Å². The van der Waals surface area contributed by atoms with E-state index in [0.29, 0.717) is 0 Å². The number of rotatable bonds is 2. The molecule has 1 N–H and O–H groups in total. The van der Waals surface area contributed by atoms with Crippen molar-refractivity contribution in [2.45, 2.75) is 26.3 Å². The van der Waals surface area contributed by atoms with Crippen LogP contribution in [0.1, 0.15) is 29.3 Å². The predicted molar refractivity (Wildman–Crippen MR) is 75.9 cm³/mol. The monoisotopic (exact) mass is 257 g/mol. The fraction of sp³-hybridized carbons (Fsp3) is 0.400. The molecule has 1 atom stereocenters. The number of hydrogen-bond donors (Lipinski definition) is 1. The van der Waals surface area contributed by atoms with Gasteiger partial charge < -0.3 is 10.1 Å². The zero-order valence-corrected chi connectivity index (χ0v) is 11.6. The van der Waals surface area contributed by atoms with Crippen LogP contribution in [0.2, 0.25) is 0 Å². The van der Waals surface area contributed by atoms with Crippen LogP contribution >= 0.6 is 0 Å². The van der Waals surface area contributed by atoms with Gasteiger partial charge >= 0.3 is 0 Å². The van der Waals surface area contributed by atoms with Crippen molar-refractivity contribution in [2.75, 3.05) is 19.0 Å². The zero-order chi connectivity index (χ0) is 13.4. The van der Waals surface area contributed by atoms with Crippen molar-refractivity contribution in [1.82, 2.24) is 9.78 Å². The lowest BCUT2D eigenvalue weighted by molar-refractivity contribution is 0.391. The molecule has 2 heterocycles. The van der Waals surface area contributed by atoms with Gasteiger partial charge in [0.05, 0.1) is 18.8 Å². The summed E-state index contributed by atoms with van der Waals surface area (Å²) in [5.74, 6) is 2.07. The van der Waals surface area contributed by atoms with Gasteiger partial charge in [-0.25, -0.2) is 4.68 Å². The molecule has 1 aliphatic heterocycles. The third kappa shape index (κ3) is 1.87. The SMILES string of the molecule is COc1ccccc1C1CCNc2c(C)c(C)nn21. The summed E-state index contributed by atoms with van der Waals surface area (Å²) in [5.41, 5.74) is 3.53. The lowest BCUT2D eigenvalue weighted by Gasteiger charge is -2.27. The Morgan fingerprint density at radius 1 is 1.32 bits per heavy atom. The quantitative estimate of drug-likeness (QED) is 0.899. The van der Waals surface area contributed by atoms with Crippen molar-refractivity contribution in [3.05, 3.63) is 41.1 Å². The Hall–Kier alpha value is -1.97. The summed E-state index contributed by atoms with van der Waals surface area (Å²) < 4.78 is 7.59. The molecule has 0 saturated carbocycles. The maximum Gasteiger partial charge on any atom is 0.128 e. The topological polar surface area (TPSA) is 39.1 Å². The first-order valence-electron chi connectivity index (χ1n) is 6.65. The van der Waals surface area contributed by atoms with Crippen LogP contribution < -0.4 is 10.1 Å². The molecule has 4 nitrogen and oxygen atoms in total. The number of nitrogens with one attached hydrogen (secondary N) is 1. The number of para-hydroxylation sites is 1. The predicted octanol–water partition coefficient (Wildman–Crippen LogP) is 2.91. The first kappa shape index (κ1) is 12.1. The van der Waals surface area contributed by atoms with Crippen molar-refractivity contribution < 1.29 is 4.74 Å². The Bertz CT molecular complexity index is 603. The van der Waals surface area contributed by atoms with Crippen LogP contribution in [0.25, 0.3) is 0 Å². The number of hydrogen-bond acceptors (Lipinski definition) is 3. The number of fused-ring (bicyclic) bond motifs is 1. The summed E-state index contributed by atoms with van der Waals surface area (Å²) in [7, 11) is 1.72. The lowest BCUT2D eigenvalue weighted by Crippen LogP contribution is -2.25. The van der Waals surface area contributed by atoms with Gasteiger partial charge in [0.25, 0.3) is 0 Å². The van der Waals surface area contributed by atoms with Crippen LogP contribution in [-0.2, 0) is 0 Å². The number of aromatic nitrogens is 2. The van der Waals surface area contributed by atoms with E-state index in [1.54, 1.807) is 7.11 Å². The fourth-order valence-corrected chi connectivity index (χ4v) is 2.75. The molecule has 0 amide bonds. The smallest absolute Gasteiger partial charge is 0.128 e. The summed E-state index contributed by atoms with van der Waals surface area (Å²) in [6, 6.07) is 8.46. The van der Waals surface area contributed by atoms with E-state index in [2.05, 4.69) is 41.1 Å². The van der Waals surface area contributed by atoms with E-state index in [1.165, 1.54) is 11.1 Å². The summed E-state index contributed by atoms with van der Waals surface area (Å²) in [6.07, 6.45) is 1.02. The fourth-order valence-electron chi connectivity index (χ4n) is 2.75. The second-order valence-corrected chi connectivity index (χ2v) is 4.98.